The summed E-state index contributed by atoms with van der Waals surface area (Å²) in [6.45, 7) is 0.0589. The monoisotopic (exact) mass is 549 g/mol. The van der Waals surface area contributed by atoms with Gasteiger partial charge in [-0.15, -0.1) is 5.48 Å². The molecule has 0 heterocycles. The summed E-state index contributed by atoms with van der Waals surface area (Å²) in [7, 11) is 0. The van der Waals surface area contributed by atoms with Crippen LogP contribution in [-0.2, 0) is 28.8 Å². The molecule has 17 heteroatoms. The lowest BCUT2D eigenvalue weighted by molar-refractivity contribution is -0.163. The molecule has 0 aliphatic rings. The maximum absolute atomic E-state index is 12.6. The van der Waals surface area contributed by atoms with E-state index in [1.54, 1.807) is 5.48 Å². The number of carbonyl (C=O) groups is 5. The van der Waals surface area contributed by atoms with Crippen LogP contribution in [0.1, 0.15) is 45.4 Å². The minimum absolute atomic E-state index is 0.171. The van der Waals surface area contributed by atoms with Gasteiger partial charge in [-0.2, -0.15) is 0 Å². The zero-order chi connectivity index (χ0) is 29.3. The molecule has 38 heavy (non-hydrogen) atoms. The van der Waals surface area contributed by atoms with Crippen molar-refractivity contribution < 1.29 is 49.2 Å². The first-order chi connectivity index (χ1) is 17.8. The lowest BCUT2D eigenvalue weighted by Crippen LogP contribution is -2.53. The number of aliphatic hydroxyl groups is 2. The van der Waals surface area contributed by atoms with E-state index in [-0.39, 0.29) is 12.4 Å². The fourth-order valence-electron chi connectivity index (χ4n) is 2.92. The van der Waals surface area contributed by atoms with Crippen LogP contribution in [0.4, 0.5) is 0 Å². The van der Waals surface area contributed by atoms with Crippen LogP contribution < -0.4 is 38.6 Å². The molecular weight excluding hydrogens is 510 g/mol. The first kappa shape index (κ1) is 34.5. The Morgan fingerprint density at radius 1 is 0.974 bits per heavy atom. The average Bonchev–Trinajstić information content (AvgIpc) is 2.85. The second-order valence-electron chi connectivity index (χ2n) is 8.35. The number of amides is 2. The number of hydrogen-bond donors (Lipinski definition) is 11. The number of carboxylic acids is 2. The van der Waals surface area contributed by atoms with E-state index in [0.29, 0.717) is 19.3 Å². The van der Waals surface area contributed by atoms with E-state index in [2.05, 4.69) is 20.8 Å². The number of aliphatic carboxylic acids is 2. The van der Waals surface area contributed by atoms with Gasteiger partial charge in [-0.05, 0) is 31.8 Å². The topological polar surface area (TPSA) is 302 Å². The second kappa shape index (κ2) is 18.7. The minimum atomic E-state index is -1.73. The number of hydroxylamine groups is 1. The number of hydrogen-bond acceptors (Lipinski definition) is 13. The average molecular weight is 550 g/mol. The van der Waals surface area contributed by atoms with Gasteiger partial charge < -0.3 is 53.1 Å². The number of aliphatic hydroxyl groups excluding tert-OH is 2. The lowest BCUT2D eigenvalue weighted by Gasteiger charge is -2.22. The van der Waals surface area contributed by atoms with Gasteiger partial charge in [-0.3, -0.25) is 24.5 Å². The standard InChI is InChI=1S/C21H39N7O10/c1-11(18(23)24)5-3-2-4-6-12(26-15(30)8-22)19(34)25-9-16(31)27-13(7-17(32)33)21(37)38-28-14(10-29)20(35)36/h12-15,26,28-30H,2-10,22-24H2,1H3,(H,25,34)(H,27,31)(H,32,33)(H,35,36). The van der Waals surface area contributed by atoms with Crippen LogP contribution in [0, 0.1) is 0 Å². The van der Waals surface area contributed by atoms with Gasteiger partial charge in [0, 0.05) is 6.54 Å². The SMILES string of the molecule is CC(CCCCCC(NC(O)CN)C(=O)NCC(=O)NC(CC(=O)O)C(=O)ONC(CO)C(=O)O)=C(N)N. The number of nitrogens with one attached hydrogen (secondary N) is 4. The fourth-order valence-corrected chi connectivity index (χ4v) is 2.92. The van der Waals surface area contributed by atoms with Gasteiger partial charge in [-0.1, -0.05) is 12.8 Å². The summed E-state index contributed by atoms with van der Waals surface area (Å²) in [5.74, 6) is -5.69. The van der Waals surface area contributed by atoms with Gasteiger partial charge in [0.25, 0.3) is 0 Å². The molecule has 0 spiro atoms. The third kappa shape index (κ3) is 14.9. The normalized spacial score (nSPS) is 13.9. The van der Waals surface area contributed by atoms with E-state index in [4.69, 9.17) is 32.5 Å². The number of unbranched alkanes of at least 4 members (excludes halogenated alkanes) is 2. The Bertz CT molecular complexity index is 835. The Morgan fingerprint density at radius 2 is 1.63 bits per heavy atom. The van der Waals surface area contributed by atoms with Gasteiger partial charge in [0.2, 0.25) is 11.8 Å². The van der Waals surface area contributed by atoms with Crippen molar-refractivity contribution >= 4 is 29.7 Å². The zero-order valence-corrected chi connectivity index (χ0v) is 21.1. The highest BCUT2D eigenvalue weighted by Gasteiger charge is 2.28. The molecule has 218 valence electrons. The molecule has 0 aromatic rings. The van der Waals surface area contributed by atoms with Crippen molar-refractivity contribution in [2.45, 2.75) is 69.8 Å². The largest absolute Gasteiger partial charge is 0.481 e. The smallest absolute Gasteiger partial charge is 0.347 e. The molecule has 0 rings (SSSR count). The fraction of sp³-hybridized carbons (Fsp3) is 0.667. The van der Waals surface area contributed by atoms with Crippen LogP contribution in [0.15, 0.2) is 11.4 Å². The number of nitrogens with two attached hydrogens (primary N) is 3. The highest BCUT2D eigenvalue weighted by atomic mass is 16.7. The Morgan fingerprint density at radius 3 is 2.16 bits per heavy atom. The number of carbonyl (C=O) groups excluding carboxylic acids is 3. The van der Waals surface area contributed by atoms with E-state index in [1.165, 1.54) is 0 Å². The molecule has 0 aromatic carbocycles. The quantitative estimate of drug-likeness (QED) is 0.0390. The molecule has 0 saturated carbocycles. The molecule has 17 nitrogen and oxygen atoms in total. The third-order valence-electron chi connectivity index (χ3n) is 5.17. The van der Waals surface area contributed by atoms with Crippen molar-refractivity contribution in [2.24, 2.45) is 17.2 Å². The summed E-state index contributed by atoms with van der Waals surface area (Å²) in [4.78, 5) is 63.4. The van der Waals surface area contributed by atoms with Crippen molar-refractivity contribution in [3.05, 3.63) is 11.4 Å². The summed E-state index contributed by atoms with van der Waals surface area (Å²) in [6, 6.07) is -4.31. The Hall–Kier alpha value is -3.51. The van der Waals surface area contributed by atoms with E-state index < -0.39 is 73.6 Å². The van der Waals surface area contributed by atoms with E-state index in [1.807, 2.05) is 6.92 Å². The highest BCUT2D eigenvalue weighted by molar-refractivity contribution is 5.91. The van der Waals surface area contributed by atoms with Gasteiger partial charge in [0.15, 0.2) is 6.04 Å². The van der Waals surface area contributed by atoms with Crippen LogP contribution in [0.25, 0.3) is 0 Å². The van der Waals surface area contributed by atoms with Crippen LogP contribution in [0.2, 0.25) is 0 Å². The molecule has 2 amide bonds. The predicted octanol–water partition coefficient (Wildman–Crippen LogP) is -4.11. The maximum atomic E-state index is 12.6. The maximum Gasteiger partial charge on any atom is 0.347 e. The van der Waals surface area contributed by atoms with Crippen LogP contribution in [-0.4, -0.2) is 94.2 Å². The molecule has 4 atom stereocenters. The Kier molecular flexibility index (Phi) is 17.0. The summed E-state index contributed by atoms with van der Waals surface area (Å²) < 4.78 is 0. The second-order valence-corrected chi connectivity index (χ2v) is 8.35. The minimum Gasteiger partial charge on any atom is -0.481 e. The molecule has 0 aliphatic heterocycles. The molecule has 0 aromatic heterocycles. The molecule has 0 fully saturated rings. The van der Waals surface area contributed by atoms with Crippen LogP contribution in [0.5, 0.6) is 0 Å². The highest BCUT2D eigenvalue weighted by Crippen LogP contribution is 2.11. The van der Waals surface area contributed by atoms with Crippen molar-refractivity contribution in [1.82, 2.24) is 21.4 Å². The van der Waals surface area contributed by atoms with Gasteiger partial charge in [0.05, 0.1) is 31.4 Å². The third-order valence-corrected chi connectivity index (χ3v) is 5.17. The van der Waals surface area contributed by atoms with Crippen LogP contribution >= 0.6 is 0 Å². The van der Waals surface area contributed by atoms with Crippen LogP contribution in [0.3, 0.4) is 0 Å². The first-order valence-electron chi connectivity index (χ1n) is 11.8. The number of rotatable bonds is 20. The number of allylic oxidation sites excluding steroid dienone is 1. The van der Waals surface area contributed by atoms with Gasteiger partial charge >= 0.3 is 17.9 Å². The van der Waals surface area contributed by atoms with E-state index in [9.17, 15) is 29.1 Å². The number of carboxylic acid groups (broad SMARTS) is 2. The van der Waals surface area contributed by atoms with Crippen molar-refractivity contribution in [1.29, 1.82) is 0 Å². The molecule has 0 aliphatic carbocycles. The first-order valence-corrected chi connectivity index (χ1v) is 11.8. The van der Waals surface area contributed by atoms with Crippen molar-refractivity contribution in [2.75, 3.05) is 19.7 Å². The molecule has 0 bridgehead atoms. The molecule has 0 radical (unpaired) electrons. The van der Waals surface area contributed by atoms with Crippen molar-refractivity contribution in [3.63, 3.8) is 0 Å². The molecule has 0 saturated heterocycles. The zero-order valence-electron chi connectivity index (χ0n) is 21.1. The molecular formula is C21H39N7O10. The summed E-state index contributed by atoms with van der Waals surface area (Å²) in [5, 5.41) is 43.6. The van der Waals surface area contributed by atoms with E-state index in [0.717, 1.165) is 18.4 Å². The molecule has 4 unspecified atom stereocenters. The molecule has 14 N–H and O–H groups in total. The summed E-state index contributed by atoms with van der Waals surface area (Å²) in [6.07, 6.45) is 0.955. The Labute approximate surface area is 219 Å². The van der Waals surface area contributed by atoms with Gasteiger partial charge in [-0.25, -0.2) is 4.79 Å². The Balaban J connectivity index is 4.95. The summed E-state index contributed by atoms with van der Waals surface area (Å²) in [5.41, 5.74) is 19.0. The lowest BCUT2D eigenvalue weighted by atomic mass is 10.0. The summed E-state index contributed by atoms with van der Waals surface area (Å²) >= 11 is 0. The van der Waals surface area contributed by atoms with Crippen molar-refractivity contribution in [3.8, 4) is 0 Å². The van der Waals surface area contributed by atoms with E-state index >= 15 is 0 Å². The van der Waals surface area contributed by atoms with Gasteiger partial charge in [0.1, 0.15) is 12.3 Å². The predicted molar refractivity (Wildman–Crippen MR) is 131 cm³/mol.